The Morgan fingerprint density at radius 2 is 2.14 bits per heavy atom. The van der Waals surface area contributed by atoms with Gasteiger partial charge in [-0.2, -0.15) is 5.10 Å². The minimum atomic E-state index is 0.564. The average Bonchev–Trinajstić information content (AvgIpc) is 2.67. The van der Waals surface area contributed by atoms with Crippen LogP contribution < -0.4 is 5.32 Å². The van der Waals surface area contributed by atoms with Gasteiger partial charge in [-0.05, 0) is 32.8 Å². The zero-order valence-corrected chi connectivity index (χ0v) is 9.40. The van der Waals surface area contributed by atoms with E-state index in [1.165, 1.54) is 6.42 Å². The minimum Gasteiger partial charge on any atom is -0.312 e. The largest absolute Gasteiger partial charge is 0.312 e. The van der Waals surface area contributed by atoms with Gasteiger partial charge >= 0.3 is 0 Å². The zero-order chi connectivity index (χ0) is 10.4. The Bertz CT molecular complexity index is 231. The number of aromatic nitrogens is 2. The van der Waals surface area contributed by atoms with Crippen LogP contribution in [-0.2, 0) is 6.54 Å². The van der Waals surface area contributed by atoms with E-state index in [1.807, 2.05) is 23.1 Å². The molecule has 80 valence electrons. The van der Waals surface area contributed by atoms with Gasteiger partial charge in [0, 0.05) is 31.0 Å². The first-order chi connectivity index (χ1) is 6.72. The Labute approximate surface area is 86.5 Å². The Morgan fingerprint density at radius 3 is 2.71 bits per heavy atom. The van der Waals surface area contributed by atoms with Gasteiger partial charge in [0.2, 0.25) is 0 Å². The van der Waals surface area contributed by atoms with Crippen LogP contribution in [0.25, 0.3) is 0 Å². The average molecular weight is 195 g/mol. The molecule has 0 aliphatic heterocycles. The highest BCUT2D eigenvalue weighted by Crippen LogP contribution is 1.98. The molecule has 0 radical (unpaired) electrons. The first-order valence-electron chi connectivity index (χ1n) is 5.45. The van der Waals surface area contributed by atoms with Crippen molar-refractivity contribution in [2.75, 3.05) is 0 Å². The summed E-state index contributed by atoms with van der Waals surface area (Å²) in [6, 6.07) is 3.14. The van der Waals surface area contributed by atoms with Gasteiger partial charge in [-0.1, -0.05) is 6.92 Å². The second-order valence-corrected chi connectivity index (χ2v) is 3.93. The number of aryl methyl sites for hydroxylation is 1. The molecule has 1 aromatic heterocycles. The second kappa shape index (κ2) is 5.81. The van der Waals surface area contributed by atoms with Gasteiger partial charge in [0.05, 0.1) is 0 Å². The van der Waals surface area contributed by atoms with Crippen molar-refractivity contribution in [3.8, 4) is 0 Å². The molecule has 0 spiro atoms. The highest BCUT2D eigenvalue weighted by molar-refractivity contribution is 4.78. The summed E-state index contributed by atoms with van der Waals surface area (Å²) in [5, 5.41) is 7.73. The molecule has 3 nitrogen and oxygen atoms in total. The van der Waals surface area contributed by atoms with E-state index >= 15 is 0 Å². The van der Waals surface area contributed by atoms with Crippen LogP contribution in [0.2, 0.25) is 0 Å². The first-order valence-corrected chi connectivity index (χ1v) is 5.45. The van der Waals surface area contributed by atoms with Crippen molar-refractivity contribution in [2.24, 2.45) is 0 Å². The van der Waals surface area contributed by atoms with Gasteiger partial charge in [0.15, 0.2) is 0 Å². The van der Waals surface area contributed by atoms with Crippen LogP contribution in [-0.4, -0.2) is 21.9 Å². The minimum absolute atomic E-state index is 0.564. The first kappa shape index (κ1) is 11.2. The van der Waals surface area contributed by atoms with E-state index in [1.54, 1.807) is 0 Å². The van der Waals surface area contributed by atoms with Crippen LogP contribution in [0.4, 0.5) is 0 Å². The quantitative estimate of drug-likeness (QED) is 0.753. The Morgan fingerprint density at radius 1 is 1.36 bits per heavy atom. The van der Waals surface area contributed by atoms with E-state index in [9.17, 15) is 0 Å². The van der Waals surface area contributed by atoms with Crippen LogP contribution in [0.1, 0.15) is 33.6 Å². The van der Waals surface area contributed by atoms with Crippen molar-refractivity contribution in [3.05, 3.63) is 18.5 Å². The lowest BCUT2D eigenvalue weighted by Gasteiger charge is -2.18. The second-order valence-electron chi connectivity index (χ2n) is 3.93. The van der Waals surface area contributed by atoms with Crippen LogP contribution in [0.3, 0.4) is 0 Å². The number of hydrogen-bond donors (Lipinski definition) is 1. The van der Waals surface area contributed by atoms with Gasteiger partial charge in [0.1, 0.15) is 0 Å². The third kappa shape index (κ3) is 3.92. The third-order valence-corrected chi connectivity index (χ3v) is 2.53. The number of nitrogens with one attached hydrogen (secondary N) is 1. The van der Waals surface area contributed by atoms with Gasteiger partial charge in [0.25, 0.3) is 0 Å². The van der Waals surface area contributed by atoms with Crippen LogP contribution in [0.5, 0.6) is 0 Å². The summed E-state index contributed by atoms with van der Waals surface area (Å²) in [5.41, 5.74) is 0. The highest BCUT2D eigenvalue weighted by Gasteiger charge is 2.05. The molecule has 1 heterocycles. The number of nitrogens with zero attached hydrogens (tertiary/aromatic N) is 2. The number of rotatable bonds is 6. The summed E-state index contributed by atoms with van der Waals surface area (Å²) in [7, 11) is 0. The maximum absolute atomic E-state index is 4.18. The normalized spacial score (nSPS) is 15.4. The lowest BCUT2D eigenvalue weighted by molar-refractivity contribution is 0.409. The zero-order valence-electron chi connectivity index (χ0n) is 9.40. The Hall–Kier alpha value is -0.830. The molecule has 0 aromatic carbocycles. The van der Waals surface area contributed by atoms with Crippen molar-refractivity contribution in [1.82, 2.24) is 15.1 Å². The molecular weight excluding hydrogens is 174 g/mol. The van der Waals surface area contributed by atoms with Crippen molar-refractivity contribution in [1.29, 1.82) is 0 Å². The topological polar surface area (TPSA) is 29.9 Å². The molecule has 2 atom stereocenters. The van der Waals surface area contributed by atoms with Gasteiger partial charge in [-0.3, -0.25) is 4.68 Å². The lowest BCUT2D eigenvalue weighted by Crippen LogP contribution is -2.34. The van der Waals surface area contributed by atoms with Crippen molar-refractivity contribution in [2.45, 2.75) is 52.2 Å². The van der Waals surface area contributed by atoms with Crippen LogP contribution >= 0.6 is 0 Å². The highest BCUT2D eigenvalue weighted by atomic mass is 15.3. The molecule has 0 aliphatic rings. The predicted molar refractivity (Wildman–Crippen MR) is 59.2 cm³/mol. The van der Waals surface area contributed by atoms with E-state index in [-0.39, 0.29) is 0 Å². The molecular formula is C11H21N3. The predicted octanol–water partition coefficient (Wildman–Crippen LogP) is 2.05. The molecule has 0 saturated carbocycles. The van der Waals surface area contributed by atoms with E-state index < -0.39 is 0 Å². The molecule has 0 bridgehead atoms. The fourth-order valence-corrected chi connectivity index (χ4v) is 1.45. The van der Waals surface area contributed by atoms with E-state index in [0.717, 1.165) is 13.0 Å². The molecule has 0 fully saturated rings. The van der Waals surface area contributed by atoms with E-state index in [2.05, 4.69) is 31.2 Å². The van der Waals surface area contributed by atoms with Gasteiger partial charge in [-0.25, -0.2) is 0 Å². The maximum atomic E-state index is 4.18. The summed E-state index contributed by atoms with van der Waals surface area (Å²) in [5.74, 6) is 0. The lowest BCUT2D eigenvalue weighted by atomic mass is 10.2. The molecule has 1 aromatic rings. The SMILES string of the molecule is CCC(C)NC(C)CCn1cccn1. The van der Waals surface area contributed by atoms with Crippen LogP contribution in [0, 0.1) is 0 Å². The van der Waals surface area contributed by atoms with Gasteiger partial charge < -0.3 is 5.32 Å². The molecule has 0 aliphatic carbocycles. The molecule has 14 heavy (non-hydrogen) atoms. The monoisotopic (exact) mass is 195 g/mol. The van der Waals surface area contributed by atoms with Gasteiger partial charge in [-0.15, -0.1) is 0 Å². The fraction of sp³-hybridized carbons (Fsp3) is 0.727. The van der Waals surface area contributed by atoms with Crippen molar-refractivity contribution in [3.63, 3.8) is 0 Å². The van der Waals surface area contributed by atoms with Crippen molar-refractivity contribution < 1.29 is 0 Å². The fourth-order valence-electron chi connectivity index (χ4n) is 1.45. The smallest absolute Gasteiger partial charge is 0.0489 e. The summed E-state index contributed by atoms with van der Waals surface area (Å²) >= 11 is 0. The number of hydrogen-bond acceptors (Lipinski definition) is 2. The summed E-state index contributed by atoms with van der Waals surface area (Å²) in [6.07, 6.45) is 6.15. The molecule has 0 saturated heterocycles. The van der Waals surface area contributed by atoms with Crippen molar-refractivity contribution >= 4 is 0 Å². The van der Waals surface area contributed by atoms with Crippen LogP contribution in [0.15, 0.2) is 18.5 Å². The summed E-state index contributed by atoms with van der Waals surface area (Å²) in [4.78, 5) is 0. The Balaban J connectivity index is 2.18. The molecule has 0 amide bonds. The molecule has 1 rings (SSSR count). The molecule has 1 N–H and O–H groups in total. The maximum Gasteiger partial charge on any atom is 0.0489 e. The standard InChI is InChI=1S/C11H21N3/c1-4-10(2)13-11(3)6-9-14-8-5-7-12-14/h5,7-8,10-11,13H,4,6,9H2,1-3H3. The molecule has 2 unspecified atom stereocenters. The van der Waals surface area contributed by atoms with E-state index in [4.69, 9.17) is 0 Å². The third-order valence-electron chi connectivity index (χ3n) is 2.53. The van der Waals surface area contributed by atoms with E-state index in [0.29, 0.717) is 12.1 Å². The summed E-state index contributed by atoms with van der Waals surface area (Å²) in [6.45, 7) is 7.66. The summed E-state index contributed by atoms with van der Waals surface area (Å²) < 4.78 is 1.98. The Kier molecular flexibility index (Phi) is 4.66. The molecule has 3 heteroatoms.